The summed E-state index contributed by atoms with van der Waals surface area (Å²) in [6, 6.07) is 11.9. The maximum atomic E-state index is 14.7. The van der Waals surface area contributed by atoms with Crippen LogP contribution in [0.4, 0.5) is 5.69 Å². The molecule has 2 saturated heterocycles. The molecule has 5 rings (SSSR count). The van der Waals surface area contributed by atoms with Crippen molar-refractivity contribution in [2.45, 2.75) is 102 Å². The first-order valence-corrected chi connectivity index (χ1v) is 21.1. The number of benzene rings is 2. The highest BCUT2D eigenvalue weighted by Crippen LogP contribution is 2.51. The molecular formula is C36H47N3O8SSi. The molecule has 0 aliphatic carbocycles. The molecule has 2 aromatic rings. The molecule has 5 atom stereocenters. The van der Waals surface area contributed by atoms with Crippen molar-refractivity contribution in [2.75, 3.05) is 13.1 Å². The Balaban J connectivity index is 1.50. The lowest BCUT2D eigenvalue weighted by Gasteiger charge is -2.50. The Labute approximate surface area is 291 Å². The number of β-lactam (4-membered cyclic amide) rings is 1. The van der Waals surface area contributed by atoms with Gasteiger partial charge in [-0.15, -0.1) is 0 Å². The number of rotatable bonds is 10. The Kier molecular flexibility index (Phi) is 10.7. The van der Waals surface area contributed by atoms with Crippen LogP contribution >= 0.6 is 0 Å². The van der Waals surface area contributed by atoms with Gasteiger partial charge in [0.1, 0.15) is 12.3 Å². The summed E-state index contributed by atoms with van der Waals surface area (Å²) in [5, 5.41) is 11.0. The molecule has 264 valence electrons. The first-order chi connectivity index (χ1) is 23.0. The van der Waals surface area contributed by atoms with E-state index in [4.69, 9.17) is 9.16 Å². The Morgan fingerprint density at radius 3 is 2.24 bits per heavy atom. The van der Waals surface area contributed by atoms with E-state index in [1.807, 2.05) is 18.7 Å². The number of nitrogens with zero attached hydrogens (tertiary/aromatic N) is 3. The van der Waals surface area contributed by atoms with Crippen LogP contribution in [0.25, 0.3) is 0 Å². The highest BCUT2D eigenvalue weighted by atomic mass is 32.2. The summed E-state index contributed by atoms with van der Waals surface area (Å²) in [5.74, 6) is -2.39. The van der Waals surface area contributed by atoms with Crippen LogP contribution in [0.15, 0.2) is 64.0 Å². The van der Waals surface area contributed by atoms with Crippen LogP contribution < -0.4 is 0 Å². The van der Waals surface area contributed by atoms with Crippen molar-refractivity contribution in [1.82, 2.24) is 9.80 Å². The molecule has 0 N–H and O–H groups in total. The molecule has 13 heteroatoms. The molecule has 0 bridgehead atoms. The van der Waals surface area contributed by atoms with Crippen LogP contribution in [0.2, 0.25) is 18.1 Å². The largest absolute Gasteiger partial charge is 0.456 e. The first kappa shape index (κ1) is 36.6. The van der Waals surface area contributed by atoms with Crippen molar-refractivity contribution in [3.8, 4) is 0 Å². The van der Waals surface area contributed by atoms with Gasteiger partial charge in [-0.2, -0.15) is 0 Å². The van der Waals surface area contributed by atoms with E-state index in [1.165, 1.54) is 29.2 Å². The summed E-state index contributed by atoms with van der Waals surface area (Å²) in [7, 11) is -4.25. The lowest BCUT2D eigenvalue weighted by atomic mass is 9.79. The fourth-order valence-electron chi connectivity index (χ4n) is 6.76. The number of likely N-dealkylation sites (tertiary alicyclic amines) is 1. The molecule has 49 heavy (non-hydrogen) atoms. The predicted octanol–water partition coefficient (Wildman–Crippen LogP) is 6.56. The normalized spacial score (nSPS) is 22.6. The molecule has 2 amide bonds. The van der Waals surface area contributed by atoms with E-state index < -0.39 is 54.0 Å². The molecule has 0 aromatic heterocycles. The topological polar surface area (TPSA) is 136 Å². The van der Waals surface area contributed by atoms with Crippen molar-refractivity contribution in [2.24, 2.45) is 11.8 Å². The van der Waals surface area contributed by atoms with Crippen LogP contribution in [0.5, 0.6) is 0 Å². The van der Waals surface area contributed by atoms with Gasteiger partial charge in [0.2, 0.25) is 5.91 Å². The smallest absolute Gasteiger partial charge is 0.356 e. The average Bonchev–Trinajstić information content (AvgIpc) is 3.18. The molecule has 2 aromatic carbocycles. The van der Waals surface area contributed by atoms with E-state index in [-0.39, 0.29) is 44.6 Å². The third kappa shape index (κ3) is 7.15. The van der Waals surface area contributed by atoms with Crippen molar-refractivity contribution in [3.63, 3.8) is 0 Å². The van der Waals surface area contributed by atoms with E-state index in [0.717, 1.165) is 25.7 Å². The summed E-state index contributed by atoms with van der Waals surface area (Å²) in [6.45, 7) is 15.4. The molecule has 3 aliphatic heterocycles. The second-order valence-electron chi connectivity index (χ2n) is 14.8. The zero-order valence-corrected chi connectivity index (χ0v) is 31.2. The number of amides is 2. The standard InChI is InChI=1S/C36H47N3O8SSi/c1-23-30-29(24(2)47-49(6,7)36(3,4)5)34(41)38(30)31(35(42)46-22-25-16-18-26(19-17-25)39(43)44)32(23)48(45)28-15-11-10-14-27(28)33(40)37-20-12-8-9-13-21-37/h10-11,14-19,23-24,29-30H,8-9,12-13,20-22H2,1-7H3/t23-,24-,29-,30+,48?/m1/s1. The second kappa shape index (κ2) is 14.3. The van der Waals surface area contributed by atoms with Crippen molar-refractivity contribution in [1.29, 1.82) is 0 Å². The summed E-state index contributed by atoms with van der Waals surface area (Å²) in [4.78, 5) is 56.1. The SMILES string of the molecule is C[C@@H](O[Si](C)(C)C(C)(C)C)[C@H]1C(=O)N2C(C(=O)OCc3ccc([N+](=O)[O-])cc3)=C(S(=O)c3ccccc3C(=O)N3CCCCCC3)[C@H](C)[C@@H]12. The fourth-order valence-corrected chi connectivity index (χ4v) is 9.82. The zero-order chi connectivity index (χ0) is 35.8. The third-order valence-corrected chi connectivity index (χ3v) is 16.8. The van der Waals surface area contributed by atoms with Gasteiger partial charge in [-0.25, -0.2) is 9.00 Å². The number of hydrogen-bond donors (Lipinski definition) is 0. The van der Waals surface area contributed by atoms with E-state index in [9.17, 15) is 28.7 Å². The van der Waals surface area contributed by atoms with Crippen LogP contribution in [-0.2, 0) is 36.2 Å². The van der Waals surface area contributed by atoms with E-state index >= 15 is 0 Å². The van der Waals surface area contributed by atoms with Gasteiger partial charge in [0.15, 0.2) is 8.32 Å². The summed E-state index contributed by atoms with van der Waals surface area (Å²) < 4.78 is 27.1. The third-order valence-electron chi connectivity index (χ3n) is 10.5. The van der Waals surface area contributed by atoms with Gasteiger partial charge in [0, 0.05) is 31.1 Å². The molecule has 3 heterocycles. The van der Waals surface area contributed by atoms with Gasteiger partial charge in [0.05, 0.1) is 49.2 Å². The number of non-ortho nitro benzene ring substituents is 1. The minimum atomic E-state index is -2.26. The molecular weight excluding hydrogens is 663 g/mol. The molecule has 0 spiro atoms. The fraction of sp³-hybridized carbons (Fsp3) is 0.528. The maximum absolute atomic E-state index is 14.7. The quantitative estimate of drug-likeness (QED) is 0.0890. The van der Waals surface area contributed by atoms with Gasteiger partial charge in [-0.3, -0.25) is 19.7 Å². The van der Waals surface area contributed by atoms with Crippen LogP contribution in [0.1, 0.15) is 76.2 Å². The molecule has 0 saturated carbocycles. The number of hydrogen-bond acceptors (Lipinski definition) is 8. The van der Waals surface area contributed by atoms with Crippen LogP contribution in [-0.4, -0.2) is 70.3 Å². The van der Waals surface area contributed by atoms with E-state index in [0.29, 0.717) is 24.2 Å². The van der Waals surface area contributed by atoms with Crippen molar-refractivity contribution >= 4 is 42.6 Å². The van der Waals surface area contributed by atoms with Gasteiger partial charge in [-0.05, 0) is 67.7 Å². The minimum Gasteiger partial charge on any atom is -0.456 e. The Hall–Kier alpha value is -3.68. The minimum absolute atomic E-state index is 0.0736. The van der Waals surface area contributed by atoms with Gasteiger partial charge >= 0.3 is 5.97 Å². The highest BCUT2D eigenvalue weighted by Gasteiger charge is 2.62. The number of carbonyl (C=O) groups excluding carboxylic acids is 3. The Morgan fingerprint density at radius 1 is 1.04 bits per heavy atom. The number of carbonyl (C=O) groups is 3. The Bertz CT molecular complexity index is 1680. The predicted molar refractivity (Wildman–Crippen MR) is 188 cm³/mol. The molecule has 0 radical (unpaired) electrons. The number of esters is 1. The van der Waals surface area contributed by atoms with Crippen LogP contribution in [0.3, 0.4) is 0 Å². The molecule has 11 nitrogen and oxygen atoms in total. The van der Waals surface area contributed by atoms with E-state index in [2.05, 4.69) is 33.9 Å². The van der Waals surface area contributed by atoms with Gasteiger partial charge in [-0.1, -0.05) is 52.7 Å². The number of fused-ring (bicyclic) bond motifs is 1. The van der Waals surface area contributed by atoms with Crippen molar-refractivity contribution in [3.05, 3.63) is 80.4 Å². The maximum Gasteiger partial charge on any atom is 0.356 e. The van der Waals surface area contributed by atoms with Crippen molar-refractivity contribution < 1.29 is 32.7 Å². The number of nitro benzene ring substituents is 1. The van der Waals surface area contributed by atoms with Gasteiger partial charge in [0.25, 0.3) is 11.6 Å². The van der Waals surface area contributed by atoms with Gasteiger partial charge < -0.3 is 19.0 Å². The highest BCUT2D eigenvalue weighted by molar-refractivity contribution is 7.89. The lowest BCUT2D eigenvalue weighted by Crippen LogP contribution is -2.65. The monoisotopic (exact) mass is 709 g/mol. The average molecular weight is 710 g/mol. The summed E-state index contributed by atoms with van der Waals surface area (Å²) in [6.07, 6.45) is 3.46. The number of ether oxygens (including phenoxy) is 1. The molecule has 1 unspecified atom stereocenters. The summed E-state index contributed by atoms with van der Waals surface area (Å²) >= 11 is 0. The zero-order valence-electron chi connectivity index (χ0n) is 29.4. The van der Waals surface area contributed by atoms with E-state index in [1.54, 1.807) is 24.3 Å². The summed E-state index contributed by atoms with van der Waals surface area (Å²) in [5.41, 5.74) is 0.660. The number of nitro groups is 1. The molecule has 3 aliphatic rings. The lowest BCUT2D eigenvalue weighted by molar-refractivity contribution is -0.384. The molecule has 2 fully saturated rings. The first-order valence-electron chi connectivity index (χ1n) is 17.0. The Morgan fingerprint density at radius 2 is 1.65 bits per heavy atom. The second-order valence-corrected chi connectivity index (χ2v) is 21.0. The van der Waals surface area contributed by atoms with Crippen LogP contribution in [0, 0.1) is 22.0 Å².